The molecule has 1 unspecified atom stereocenters. The molecule has 1 fully saturated rings. The van der Waals surface area contributed by atoms with E-state index >= 15 is 0 Å². The summed E-state index contributed by atoms with van der Waals surface area (Å²) in [5, 5.41) is 0. The first-order chi connectivity index (χ1) is 8.85. The van der Waals surface area contributed by atoms with Gasteiger partial charge >= 0.3 is 0 Å². The molecule has 19 heavy (non-hydrogen) atoms. The van der Waals surface area contributed by atoms with E-state index in [1.165, 1.54) is 7.11 Å². The van der Waals surface area contributed by atoms with Gasteiger partial charge in [-0.2, -0.15) is 0 Å². The lowest BCUT2D eigenvalue weighted by Crippen LogP contribution is -2.46. The Labute approximate surface area is 111 Å². The minimum absolute atomic E-state index is 0.130. The summed E-state index contributed by atoms with van der Waals surface area (Å²) < 4.78 is 46.2. The number of ether oxygens (including phenoxy) is 1. The fraction of sp³-hybridized carbons (Fsp3) is 0.571. The Morgan fingerprint density at radius 2 is 2.05 bits per heavy atom. The number of rotatable bonds is 2. The van der Waals surface area contributed by atoms with Crippen molar-refractivity contribution >= 4 is 5.69 Å². The number of alkyl halides is 2. The van der Waals surface area contributed by atoms with Crippen LogP contribution in [0, 0.1) is 12.7 Å². The van der Waals surface area contributed by atoms with Gasteiger partial charge in [-0.25, -0.2) is 13.2 Å². The Kier molecular flexibility index (Phi) is 3.65. The van der Waals surface area contributed by atoms with Crippen molar-refractivity contribution in [1.29, 1.82) is 0 Å². The van der Waals surface area contributed by atoms with Crippen LogP contribution in [0.4, 0.5) is 18.9 Å². The van der Waals surface area contributed by atoms with Crippen LogP contribution in [0.1, 0.15) is 25.3 Å². The minimum Gasteiger partial charge on any atom is -0.494 e. The van der Waals surface area contributed by atoms with Gasteiger partial charge in [0.25, 0.3) is 5.92 Å². The number of anilines is 1. The zero-order valence-electron chi connectivity index (χ0n) is 11.3. The highest BCUT2D eigenvalue weighted by atomic mass is 19.3. The van der Waals surface area contributed by atoms with Crippen molar-refractivity contribution in [2.75, 3.05) is 18.6 Å². The topological polar surface area (TPSA) is 12.5 Å². The van der Waals surface area contributed by atoms with Crippen LogP contribution >= 0.6 is 0 Å². The van der Waals surface area contributed by atoms with E-state index in [1.807, 2.05) is 0 Å². The number of aryl methyl sites for hydroxylation is 1. The second-order valence-corrected chi connectivity index (χ2v) is 5.10. The van der Waals surface area contributed by atoms with E-state index in [9.17, 15) is 13.2 Å². The van der Waals surface area contributed by atoms with Crippen LogP contribution < -0.4 is 9.64 Å². The summed E-state index contributed by atoms with van der Waals surface area (Å²) in [4.78, 5) is 1.68. The van der Waals surface area contributed by atoms with Crippen LogP contribution in [0.3, 0.4) is 0 Å². The maximum absolute atomic E-state index is 14.3. The molecule has 1 atom stereocenters. The van der Waals surface area contributed by atoms with Crippen LogP contribution in [0.2, 0.25) is 0 Å². The lowest BCUT2D eigenvalue weighted by Gasteiger charge is -2.39. The molecular weight excluding hydrogens is 255 g/mol. The molecule has 0 radical (unpaired) electrons. The largest absolute Gasteiger partial charge is 0.494 e. The molecule has 0 spiro atoms. The summed E-state index contributed by atoms with van der Waals surface area (Å²) in [7, 11) is 1.46. The average molecular weight is 273 g/mol. The molecule has 0 bridgehead atoms. The lowest BCUT2D eigenvalue weighted by molar-refractivity contribution is -0.0320. The van der Waals surface area contributed by atoms with Gasteiger partial charge in [0.05, 0.1) is 7.11 Å². The molecule has 0 aromatic heterocycles. The maximum atomic E-state index is 14.3. The maximum Gasteiger partial charge on any atom is 0.251 e. The molecule has 1 saturated heterocycles. The minimum atomic E-state index is -2.66. The first-order valence-electron chi connectivity index (χ1n) is 6.33. The predicted molar refractivity (Wildman–Crippen MR) is 68.7 cm³/mol. The highest BCUT2D eigenvalue weighted by Crippen LogP contribution is 2.40. The van der Waals surface area contributed by atoms with Crippen molar-refractivity contribution in [3.8, 4) is 5.75 Å². The first-order valence-corrected chi connectivity index (χ1v) is 6.33. The fourth-order valence-corrected chi connectivity index (χ4v) is 2.56. The van der Waals surface area contributed by atoms with Gasteiger partial charge in [0, 0.05) is 25.4 Å². The summed E-state index contributed by atoms with van der Waals surface area (Å²) in [6.45, 7) is 3.47. The second-order valence-electron chi connectivity index (χ2n) is 5.10. The molecule has 0 amide bonds. The van der Waals surface area contributed by atoms with Gasteiger partial charge in [0.15, 0.2) is 5.82 Å². The normalized spacial score (nSPS) is 22.4. The Balaban J connectivity index is 2.39. The number of hydrogen-bond acceptors (Lipinski definition) is 2. The van der Waals surface area contributed by atoms with Gasteiger partial charge in [0.1, 0.15) is 11.4 Å². The number of benzene rings is 1. The molecule has 1 heterocycles. The van der Waals surface area contributed by atoms with Crippen molar-refractivity contribution in [2.24, 2.45) is 0 Å². The first kappa shape index (κ1) is 14.0. The zero-order valence-corrected chi connectivity index (χ0v) is 11.3. The smallest absolute Gasteiger partial charge is 0.251 e. The summed E-state index contributed by atoms with van der Waals surface area (Å²) in [6.07, 6.45) is -0.516. The monoisotopic (exact) mass is 273 g/mol. The highest BCUT2D eigenvalue weighted by molar-refractivity contribution is 5.62. The van der Waals surface area contributed by atoms with Crippen molar-refractivity contribution in [3.63, 3.8) is 0 Å². The molecule has 1 aromatic carbocycles. The van der Waals surface area contributed by atoms with Gasteiger partial charge in [-0.3, -0.25) is 0 Å². The molecule has 5 heteroatoms. The number of methoxy groups -OCH3 is 1. The van der Waals surface area contributed by atoms with E-state index < -0.39 is 17.8 Å². The quantitative estimate of drug-likeness (QED) is 0.813. The van der Waals surface area contributed by atoms with Crippen molar-refractivity contribution < 1.29 is 17.9 Å². The van der Waals surface area contributed by atoms with Crippen molar-refractivity contribution in [1.82, 2.24) is 0 Å². The fourth-order valence-electron chi connectivity index (χ4n) is 2.56. The Hall–Kier alpha value is -1.39. The zero-order chi connectivity index (χ0) is 14.2. The van der Waals surface area contributed by atoms with Crippen LogP contribution in [-0.2, 0) is 0 Å². The van der Waals surface area contributed by atoms with Crippen LogP contribution in [0.15, 0.2) is 12.1 Å². The van der Waals surface area contributed by atoms with E-state index in [0.29, 0.717) is 17.0 Å². The molecule has 1 aliphatic rings. The van der Waals surface area contributed by atoms with E-state index in [-0.39, 0.29) is 19.4 Å². The number of nitrogens with zero attached hydrogens (tertiary/aromatic N) is 1. The average Bonchev–Trinajstić information content (AvgIpc) is 2.33. The van der Waals surface area contributed by atoms with Gasteiger partial charge < -0.3 is 9.64 Å². The van der Waals surface area contributed by atoms with Gasteiger partial charge in [0.2, 0.25) is 0 Å². The van der Waals surface area contributed by atoms with Crippen LogP contribution in [0.5, 0.6) is 5.75 Å². The van der Waals surface area contributed by atoms with Gasteiger partial charge in [-0.05, 0) is 25.5 Å². The van der Waals surface area contributed by atoms with E-state index in [2.05, 4.69) is 0 Å². The number of halogens is 3. The molecule has 0 N–H and O–H groups in total. The summed E-state index contributed by atoms with van der Waals surface area (Å²) in [5.41, 5.74) is 0.783. The van der Waals surface area contributed by atoms with Crippen LogP contribution in [0.25, 0.3) is 0 Å². The Bertz CT molecular complexity index is 476. The van der Waals surface area contributed by atoms with Crippen molar-refractivity contribution in [2.45, 2.75) is 38.7 Å². The molecule has 0 aliphatic carbocycles. The van der Waals surface area contributed by atoms with Crippen molar-refractivity contribution in [3.05, 3.63) is 23.5 Å². The third kappa shape index (κ3) is 2.65. The van der Waals surface area contributed by atoms with Crippen LogP contribution in [-0.4, -0.2) is 25.6 Å². The Morgan fingerprint density at radius 1 is 1.37 bits per heavy atom. The Morgan fingerprint density at radius 3 is 2.63 bits per heavy atom. The highest BCUT2D eigenvalue weighted by Gasteiger charge is 2.39. The summed E-state index contributed by atoms with van der Waals surface area (Å²) in [6, 6.07) is 2.88. The molecule has 2 rings (SSSR count). The van der Waals surface area contributed by atoms with E-state index in [4.69, 9.17) is 4.74 Å². The van der Waals surface area contributed by atoms with E-state index in [0.717, 1.165) is 0 Å². The SMILES string of the molecule is COc1ccc(C)c(F)c1N1CCC(F)(F)CC1C. The van der Waals surface area contributed by atoms with E-state index in [1.54, 1.807) is 30.9 Å². The summed E-state index contributed by atoms with van der Waals surface area (Å²) >= 11 is 0. The molecule has 1 aromatic rings. The molecule has 2 nitrogen and oxygen atoms in total. The van der Waals surface area contributed by atoms with Gasteiger partial charge in [-0.1, -0.05) is 6.07 Å². The molecule has 1 aliphatic heterocycles. The standard InChI is InChI=1S/C14H18F3NO/c1-9-4-5-11(19-3)13(12(9)15)18-7-6-14(16,17)8-10(18)2/h4-5,10H,6-8H2,1-3H3. The molecular formula is C14H18F3NO. The third-order valence-corrected chi connectivity index (χ3v) is 3.62. The summed E-state index contributed by atoms with van der Waals surface area (Å²) in [5.74, 6) is -2.67. The second kappa shape index (κ2) is 4.94. The molecule has 0 saturated carbocycles. The molecule has 106 valence electrons. The number of piperidine rings is 1. The predicted octanol–water partition coefficient (Wildman–Crippen LogP) is 3.77. The lowest BCUT2D eigenvalue weighted by atomic mass is 9.98. The number of hydrogen-bond donors (Lipinski definition) is 0. The third-order valence-electron chi connectivity index (χ3n) is 3.62. The van der Waals surface area contributed by atoms with Gasteiger partial charge in [-0.15, -0.1) is 0 Å².